The molecule has 1 fully saturated rings. The highest BCUT2D eigenvalue weighted by atomic mass is 32.2. The van der Waals surface area contributed by atoms with E-state index < -0.39 is 9.84 Å². The summed E-state index contributed by atoms with van der Waals surface area (Å²) in [5.41, 5.74) is 1.29. The molecule has 1 aromatic heterocycles. The Hall–Kier alpha value is -0.390. The fourth-order valence-electron chi connectivity index (χ4n) is 2.41. The van der Waals surface area contributed by atoms with Gasteiger partial charge in [0.1, 0.15) is 0 Å². The Labute approximate surface area is 107 Å². The van der Waals surface area contributed by atoms with Crippen molar-refractivity contribution in [3.8, 4) is 0 Å². The Morgan fingerprint density at radius 2 is 2.29 bits per heavy atom. The van der Waals surface area contributed by atoms with E-state index in [2.05, 4.69) is 30.6 Å². The molecule has 3 nitrogen and oxygen atoms in total. The molecule has 1 N–H and O–H groups in total. The number of sulfone groups is 1. The molecule has 1 aliphatic rings. The molecule has 0 spiro atoms. The molecular formula is C12H19NO2S2. The predicted molar refractivity (Wildman–Crippen MR) is 72.3 cm³/mol. The molecule has 0 bridgehead atoms. The van der Waals surface area contributed by atoms with Crippen LogP contribution in [0.5, 0.6) is 0 Å². The van der Waals surface area contributed by atoms with E-state index in [1.165, 1.54) is 10.4 Å². The van der Waals surface area contributed by atoms with Gasteiger partial charge in [0.05, 0.1) is 11.5 Å². The van der Waals surface area contributed by atoms with Crippen LogP contribution in [-0.4, -0.2) is 26.0 Å². The average Bonchev–Trinajstić information content (AvgIpc) is 2.62. The highest BCUT2D eigenvalue weighted by Crippen LogP contribution is 2.25. The van der Waals surface area contributed by atoms with Gasteiger partial charge in [-0.1, -0.05) is 0 Å². The van der Waals surface area contributed by atoms with Crippen LogP contribution in [0.2, 0.25) is 0 Å². The van der Waals surface area contributed by atoms with Crippen LogP contribution in [0.25, 0.3) is 0 Å². The Kier molecular flexibility index (Phi) is 3.90. The third-order valence-corrected chi connectivity index (χ3v) is 6.27. The third-order valence-electron chi connectivity index (χ3n) is 3.24. The van der Waals surface area contributed by atoms with Crippen LogP contribution in [0.3, 0.4) is 0 Å². The Bertz CT molecular complexity index is 478. The van der Waals surface area contributed by atoms with E-state index in [0.717, 1.165) is 12.8 Å². The lowest BCUT2D eigenvalue weighted by Crippen LogP contribution is -2.41. The maximum Gasteiger partial charge on any atom is 0.151 e. The standard InChI is InChI=1S/C12H19NO2S2/c1-9-5-6-16-12(9)10(2)13-11-4-3-7-17(14,15)8-11/h5-6,10-11,13H,3-4,7-8H2,1-2H3. The predicted octanol–water partition coefficient (Wildman–Crippen LogP) is 2.28. The number of thiophene rings is 1. The molecule has 0 aliphatic carbocycles. The van der Waals surface area contributed by atoms with Crippen molar-refractivity contribution < 1.29 is 8.42 Å². The molecule has 2 rings (SSSR count). The molecule has 1 saturated heterocycles. The zero-order valence-electron chi connectivity index (χ0n) is 10.3. The summed E-state index contributed by atoms with van der Waals surface area (Å²) in [7, 11) is -2.82. The summed E-state index contributed by atoms with van der Waals surface area (Å²) >= 11 is 1.73. The molecule has 2 unspecified atom stereocenters. The number of hydrogen-bond acceptors (Lipinski definition) is 4. The maximum absolute atomic E-state index is 11.6. The van der Waals surface area contributed by atoms with E-state index >= 15 is 0 Å². The van der Waals surface area contributed by atoms with Gasteiger partial charge in [0.25, 0.3) is 0 Å². The molecule has 0 saturated carbocycles. The number of rotatable bonds is 3. The highest BCUT2D eigenvalue weighted by molar-refractivity contribution is 7.91. The normalized spacial score (nSPS) is 25.6. The summed E-state index contributed by atoms with van der Waals surface area (Å²) in [6, 6.07) is 2.47. The van der Waals surface area contributed by atoms with E-state index in [1.807, 2.05) is 0 Å². The second kappa shape index (κ2) is 5.08. The summed E-state index contributed by atoms with van der Waals surface area (Å²) in [4.78, 5) is 1.31. The first-order valence-corrected chi connectivity index (χ1v) is 8.68. The van der Waals surface area contributed by atoms with Gasteiger partial charge < -0.3 is 5.32 Å². The third kappa shape index (κ3) is 3.30. The van der Waals surface area contributed by atoms with Crippen LogP contribution in [0.15, 0.2) is 11.4 Å². The minimum absolute atomic E-state index is 0.116. The molecule has 1 aromatic rings. The lowest BCUT2D eigenvalue weighted by molar-refractivity contribution is 0.440. The van der Waals surface area contributed by atoms with Crippen LogP contribution in [-0.2, 0) is 9.84 Å². The topological polar surface area (TPSA) is 46.2 Å². The molecule has 17 heavy (non-hydrogen) atoms. The minimum atomic E-state index is -2.82. The summed E-state index contributed by atoms with van der Waals surface area (Å²) in [6.45, 7) is 4.21. The van der Waals surface area contributed by atoms with Crippen molar-refractivity contribution in [2.24, 2.45) is 0 Å². The van der Waals surface area contributed by atoms with Crippen LogP contribution in [0, 0.1) is 6.92 Å². The van der Waals surface area contributed by atoms with Crippen molar-refractivity contribution in [1.29, 1.82) is 0 Å². The second-order valence-corrected chi connectivity index (χ2v) is 7.99. The first-order valence-electron chi connectivity index (χ1n) is 5.98. The first kappa shape index (κ1) is 13.1. The molecule has 0 radical (unpaired) electrons. The fraction of sp³-hybridized carbons (Fsp3) is 0.667. The molecule has 2 atom stereocenters. The van der Waals surface area contributed by atoms with E-state index in [9.17, 15) is 8.42 Å². The Morgan fingerprint density at radius 3 is 2.88 bits per heavy atom. The zero-order valence-corrected chi connectivity index (χ0v) is 11.9. The van der Waals surface area contributed by atoms with Gasteiger partial charge in [0.15, 0.2) is 9.84 Å². The van der Waals surface area contributed by atoms with E-state index in [-0.39, 0.29) is 12.1 Å². The smallest absolute Gasteiger partial charge is 0.151 e. The first-order chi connectivity index (χ1) is 7.98. The van der Waals surface area contributed by atoms with Crippen LogP contribution in [0.4, 0.5) is 0 Å². The van der Waals surface area contributed by atoms with Gasteiger partial charge in [-0.25, -0.2) is 8.42 Å². The van der Waals surface area contributed by atoms with Gasteiger partial charge in [-0.3, -0.25) is 0 Å². The zero-order chi connectivity index (χ0) is 12.5. The summed E-state index contributed by atoms with van der Waals surface area (Å²) in [5, 5.41) is 5.53. The van der Waals surface area contributed by atoms with E-state index in [4.69, 9.17) is 0 Å². The summed E-state index contributed by atoms with van der Waals surface area (Å²) in [6.07, 6.45) is 1.75. The van der Waals surface area contributed by atoms with Crippen molar-refractivity contribution in [2.75, 3.05) is 11.5 Å². The lowest BCUT2D eigenvalue weighted by atomic mass is 10.1. The molecule has 96 valence electrons. The van der Waals surface area contributed by atoms with Crippen LogP contribution in [0.1, 0.15) is 36.2 Å². The molecule has 0 amide bonds. The van der Waals surface area contributed by atoms with Crippen molar-refractivity contribution in [1.82, 2.24) is 5.32 Å². The molecule has 1 aliphatic heterocycles. The number of nitrogens with one attached hydrogen (secondary N) is 1. The quantitative estimate of drug-likeness (QED) is 0.919. The lowest BCUT2D eigenvalue weighted by Gasteiger charge is -2.26. The Balaban J connectivity index is 2.00. The SMILES string of the molecule is Cc1ccsc1C(C)NC1CCCS(=O)(=O)C1. The van der Waals surface area contributed by atoms with Gasteiger partial charge in [-0.05, 0) is 43.7 Å². The Morgan fingerprint density at radius 1 is 1.53 bits per heavy atom. The minimum Gasteiger partial charge on any atom is -0.306 e. The fourth-order valence-corrected chi connectivity index (χ4v) is 5.01. The molecule has 0 aromatic carbocycles. The monoisotopic (exact) mass is 273 g/mol. The van der Waals surface area contributed by atoms with Gasteiger partial charge in [0.2, 0.25) is 0 Å². The highest BCUT2D eigenvalue weighted by Gasteiger charge is 2.26. The van der Waals surface area contributed by atoms with Crippen LogP contribution >= 0.6 is 11.3 Å². The molecule has 5 heteroatoms. The van der Waals surface area contributed by atoms with Gasteiger partial charge in [-0.2, -0.15) is 0 Å². The van der Waals surface area contributed by atoms with Crippen molar-refractivity contribution in [3.05, 3.63) is 21.9 Å². The van der Waals surface area contributed by atoms with Gasteiger partial charge in [0, 0.05) is 17.0 Å². The van der Waals surface area contributed by atoms with Crippen molar-refractivity contribution in [2.45, 2.75) is 38.8 Å². The average molecular weight is 273 g/mol. The van der Waals surface area contributed by atoms with E-state index in [1.54, 1.807) is 11.3 Å². The largest absolute Gasteiger partial charge is 0.306 e. The van der Waals surface area contributed by atoms with Gasteiger partial charge >= 0.3 is 0 Å². The maximum atomic E-state index is 11.6. The van der Waals surface area contributed by atoms with E-state index in [0.29, 0.717) is 11.5 Å². The number of aryl methyl sites for hydroxylation is 1. The van der Waals surface area contributed by atoms with Crippen molar-refractivity contribution >= 4 is 21.2 Å². The number of hydrogen-bond donors (Lipinski definition) is 1. The second-order valence-electron chi connectivity index (χ2n) is 4.81. The summed E-state index contributed by atoms with van der Waals surface area (Å²) in [5.74, 6) is 0.652. The molecular weight excluding hydrogens is 254 g/mol. The van der Waals surface area contributed by atoms with Crippen molar-refractivity contribution in [3.63, 3.8) is 0 Å². The van der Waals surface area contributed by atoms with Gasteiger partial charge in [-0.15, -0.1) is 11.3 Å². The molecule has 2 heterocycles. The summed E-state index contributed by atoms with van der Waals surface area (Å²) < 4.78 is 23.1. The van der Waals surface area contributed by atoms with Crippen LogP contribution < -0.4 is 5.32 Å².